The van der Waals surface area contributed by atoms with Gasteiger partial charge in [0.1, 0.15) is 11.5 Å². The Morgan fingerprint density at radius 2 is 0.563 bits per heavy atom. The van der Waals surface area contributed by atoms with E-state index < -0.39 is 0 Å². The molecule has 0 aliphatic heterocycles. The van der Waals surface area contributed by atoms with Crippen LogP contribution in [0.2, 0.25) is 0 Å². The van der Waals surface area contributed by atoms with Gasteiger partial charge in [0.2, 0.25) is 0 Å². The van der Waals surface area contributed by atoms with Crippen molar-refractivity contribution in [1.29, 1.82) is 0 Å². The molecule has 0 atom stereocenters. The number of rotatable bonds is 16. The van der Waals surface area contributed by atoms with Crippen molar-refractivity contribution >= 4 is 57.4 Å². The quantitative estimate of drug-likeness (QED) is 0.0902. The maximum atomic E-state index is 5.46. The van der Waals surface area contributed by atoms with Crippen LogP contribution in [-0.4, -0.2) is 14.2 Å². The molecule has 0 radical (unpaired) electrons. The average Bonchev–Trinajstić information content (AvgIpc) is 3.44. The van der Waals surface area contributed by atoms with Gasteiger partial charge >= 0.3 is 0 Å². The van der Waals surface area contributed by atoms with E-state index in [1.165, 1.54) is 44.5 Å². The zero-order chi connectivity index (χ0) is 48.2. The lowest BCUT2D eigenvalue weighted by atomic mass is 9.93. The second-order valence-electron chi connectivity index (χ2n) is 17.3. The van der Waals surface area contributed by atoms with E-state index in [0.717, 1.165) is 63.2 Å². The highest BCUT2D eigenvalue weighted by Crippen LogP contribution is 2.38. The topological polar surface area (TPSA) is 24.9 Å². The highest BCUT2D eigenvalue weighted by atomic mass is 16.5. The third-order valence-corrected chi connectivity index (χ3v) is 12.7. The molecule has 4 heteroatoms. The summed E-state index contributed by atoms with van der Waals surface area (Å²) in [5.41, 5.74) is 18.2. The first-order chi connectivity index (χ1) is 35.1. The normalized spacial score (nSPS) is 11.5. The molecule has 0 saturated heterocycles. The predicted octanol–water partition coefficient (Wildman–Crippen LogP) is 17.4. The molecular weight excluding hydrogens is 865 g/mol. The van der Waals surface area contributed by atoms with Crippen LogP contribution in [0.5, 0.6) is 11.5 Å². The number of ether oxygens (including phenoxy) is 2. The van der Waals surface area contributed by atoms with Crippen LogP contribution >= 0.6 is 0 Å². The average molecular weight is 919 g/mol. The molecule has 10 aromatic rings. The van der Waals surface area contributed by atoms with E-state index in [2.05, 4.69) is 252 Å². The summed E-state index contributed by atoms with van der Waals surface area (Å²) < 4.78 is 10.9. The van der Waals surface area contributed by atoms with Crippen molar-refractivity contribution in [2.45, 2.75) is 6.42 Å². The van der Waals surface area contributed by atoms with Crippen LogP contribution in [0.4, 0.5) is 34.1 Å². The zero-order valence-electron chi connectivity index (χ0n) is 40.0. The summed E-state index contributed by atoms with van der Waals surface area (Å²) in [5.74, 6) is 1.66. The maximum Gasteiger partial charge on any atom is 0.119 e. The van der Waals surface area contributed by atoms with Crippen LogP contribution < -0.4 is 19.3 Å². The number of para-hydroxylation sites is 2. The van der Waals surface area contributed by atoms with Gasteiger partial charge in [0, 0.05) is 34.1 Å². The first kappa shape index (κ1) is 45.7. The summed E-state index contributed by atoms with van der Waals surface area (Å²) in [5, 5.41) is 0. The van der Waals surface area contributed by atoms with Crippen molar-refractivity contribution in [2.24, 2.45) is 0 Å². The molecule has 0 heterocycles. The Kier molecular flexibility index (Phi) is 14.1. The summed E-state index contributed by atoms with van der Waals surface area (Å²) in [6, 6.07) is 94.3. The van der Waals surface area contributed by atoms with Gasteiger partial charge in [0.15, 0.2) is 0 Å². The van der Waals surface area contributed by atoms with Gasteiger partial charge in [-0.3, -0.25) is 0 Å². The largest absolute Gasteiger partial charge is 0.497 e. The number of hydrogen-bond acceptors (Lipinski definition) is 4. The van der Waals surface area contributed by atoms with E-state index in [-0.39, 0.29) is 0 Å². The van der Waals surface area contributed by atoms with Crippen molar-refractivity contribution in [3.63, 3.8) is 0 Å². The molecule has 71 heavy (non-hydrogen) atoms. The summed E-state index contributed by atoms with van der Waals surface area (Å²) in [6.45, 7) is 0. The third kappa shape index (κ3) is 10.9. The first-order valence-corrected chi connectivity index (χ1v) is 24.0. The Balaban J connectivity index is 0.883. The monoisotopic (exact) mass is 918 g/mol. The van der Waals surface area contributed by atoms with Crippen LogP contribution in [0.3, 0.4) is 0 Å². The van der Waals surface area contributed by atoms with Crippen LogP contribution in [-0.2, 0) is 6.42 Å². The molecule has 0 bridgehead atoms. The smallest absolute Gasteiger partial charge is 0.119 e. The molecule has 0 unspecified atom stereocenters. The highest BCUT2D eigenvalue weighted by Gasteiger charge is 2.15. The van der Waals surface area contributed by atoms with E-state index in [4.69, 9.17) is 9.47 Å². The zero-order valence-corrected chi connectivity index (χ0v) is 40.0. The Hall–Kier alpha value is -9.12. The number of anilines is 6. The molecule has 0 aliphatic carbocycles. The molecule has 0 amide bonds. The Labute approximate surface area is 418 Å². The standard InChI is InChI=1S/C67H54N2O2/c1-70-64-43-39-62(40-44-64)68(58-19-11-5-12-20-58)60-35-27-52(28-36-60)48-66(54-15-7-3-8-16-54)56-31-23-50(24-32-56)47-51-25-33-57(34-26-51)67(55-17-9-4-10-18-55)49-53-29-37-61(38-30-53)69(59-21-13-6-14-22-59)63-41-45-65(71-2)46-42-63/h3-46,48-49H,47H2,1-2H3/b66-48+,67-49+. The van der Waals surface area contributed by atoms with Gasteiger partial charge in [0.25, 0.3) is 0 Å². The summed E-state index contributed by atoms with van der Waals surface area (Å²) in [4.78, 5) is 4.53. The summed E-state index contributed by atoms with van der Waals surface area (Å²) in [6.07, 6.45) is 5.42. The van der Waals surface area contributed by atoms with Crippen LogP contribution in [0.25, 0.3) is 23.3 Å². The number of methoxy groups -OCH3 is 2. The van der Waals surface area contributed by atoms with Crippen LogP contribution in [0, 0.1) is 0 Å². The molecule has 0 N–H and O–H groups in total. The molecule has 10 rings (SSSR count). The van der Waals surface area contributed by atoms with Gasteiger partial charge in [-0.25, -0.2) is 0 Å². The van der Waals surface area contributed by atoms with Gasteiger partial charge in [-0.15, -0.1) is 0 Å². The fourth-order valence-electron chi connectivity index (χ4n) is 9.03. The second kappa shape index (κ2) is 21.9. The van der Waals surface area contributed by atoms with Gasteiger partial charge in [-0.05, 0) is 171 Å². The molecule has 0 aliphatic rings. The molecule has 344 valence electrons. The fourth-order valence-corrected chi connectivity index (χ4v) is 9.03. The molecule has 4 nitrogen and oxygen atoms in total. The lowest BCUT2D eigenvalue weighted by Gasteiger charge is -2.25. The van der Waals surface area contributed by atoms with E-state index in [0.29, 0.717) is 0 Å². The summed E-state index contributed by atoms with van der Waals surface area (Å²) >= 11 is 0. The second-order valence-corrected chi connectivity index (χ2v) is 17.3. The number of nitrogens with zero attached hydrogens (tertiary/aromatic N) is 2. The first-order valence-electron chi connectivity index (χ1n) is 24.0. The van der Waals surface area contributed by atoms with Gasteiger partial charge in [-0.1, -0.05) is 170 Å². The van der Waals surface area contributed by atoms with Crippen molar-refractivity contribution in [1.82, 2.24) is 0 Å². The van der Waals surface area contributed by atoms with Crippen LogP contribution in [0.1, 0.15) is 44.5 Å². The molecule has 0 saturated carbocycles. The lowest BCUT2D eigenvalue weighted by molar-refractivity contribution is 0.414. The van der Waals surface area contributed by atoms with Crippen molar-refractivity contribution in [3.8, 4) is 11.5 Å². The minimum absolute atomic E-state index is 0.830. The summed E-state index contributed by atoms with van der Waals surface area (Å²) in [7, 11) is 3.39. The molecule has 10 aromatic carbocycles. The number of hydrogen-bond donors (Lipinski definition) is 0. The minimum atomic E-state index is 0.830. The Bertz CT molecular complexity index is 3090. The molecule has 0 aromatic heterocycles. The SMILES string of the molecule is COc1ccc(N(c2ccccc2)c2ccc(/C=C(\c3ccccc3)c3ccc(Cc4ccc(/C(=C/c5ccc(N(c6ccccc6)c6ccc(OC)cc6)cc5)c5ccccc5)cc4)cc3)cc2)cc1. The van der Waals surface area contributed by atoms with Gasteiger partial charge in [-0.2, -0.15) is 0 Å². The predicted molar refractivity (Wildman–Crippen MR) is 298 cm³/mol. The fraction of sp³-hybridized carbons (Fsp3) is 0.0448. The third-order valence-electron chi connectivity index (χ3n) is 12.7. The van der Waals surface area contributed by atoms with Crippen molar-refractivity contribution < 1.29 is 9.47 Å². The van der Waals surface area contributed by atoms with Gasteiger partial charge in [0.05, 0.1) is 14.2 Å². The molecule has 0 fully saturated rings. The Morgan fingerprint density at radius 1 is 0.296 bits per heavy atom. The minimum Gasteiger partial charge on any atom is -0.497 e. The van der Waals surface area contributed by atoms with Crippen molar-refractivity contribution in [3.05, 3.63) is 311 Å². The molecular formula is C67H54N2O2. The Morgan fingerprint density at radius 3 is 0.873 bits per heavy atom. The highest BCUT2D eigenvalue weighted by molar-refractivity contribution is 5.93. The lowest BCUT2D eigenvalue weighted by Crippen LogP contribution is -2.09. The maximum absolute atomic E-state index is 5.46. The van der Waals surface area contributed by atoms with E-state index in [1.54, 1.807) is 14.2 Å². The number of benzene rings is 10. The van der Waals surface area contributed by atoms with E-state index >= 15 is 0 Å². The van der Waals surface area contributed by atoms with E-state index in [1.807, 2.05) is 36.4 Å². The molecule has 0 spiro atoms. The van der Waals surface area contributed by atoms with E-state index in [9.17, 15) is 0 Å². The van der Waals surface area contributed by atoms with Crippen molar-refractivity contribution in [2.75, 3.05) is 24.0 Å². The van der Waals surface area contributed by atoms with Crippen LogP contribution in [0.15, 0.2) is 267 Å². The van der Waals surface area contributed by atoms with Gasteiger partial charge < -0.3 is 19.3 Å².